The van der Waals surface area contributed by atoms with Crippen molar-refractivity contribution < 1.29 is 0 Å². The molecule has 0 aliphatic carbocycles. The molecule has 74 valence electrons. The largest absolute Gasteiger partial charge is 0.303 e. The minimum atomic E-state index is 0.477. The van der Waals surface area contributed by atoms with Crippen LogP contribution in [0.1, 0.15) is 25.2 Å². The molecule has 0 aromatic carbocycles. The van der Waals surface area contributed by atoms with Gasteiger partial charge in [-0.25, -0.2) is 4.98 Å². The van der Waals surface area contributed by atoms with E-state index in [1.807, 2.05) is 31.2 Å². The van der Waals surface area contributed by atoms with E-state index in [0.717, 1.165) is 11.3 Å². The smallest absolute Gasteiger partial charge is 0.0841 e. The topological polar surface area (TPSA) is 36.7 Å². The zero-order valence-corrected chi connectivity index (χ0v) is 9.10. The van der Waals surface area contributed by atoms with Gasteiger partial charge in [0.15, 0.2) is 0 Å². The lowest BCUT2D eigenvalue weighted by molar-refractivity contribution is 1.22. The van der Waals surface area contributed by atoms with Gasteiger partial charge in [0, 0.05) is 5.88 Å². The third-order valence-corrected chi connectivity index (χ3v) is 2.07. The highest BCUT2D eigenvalue weighted by Gasteiger charge is 2.00. The van der Waals surface area contributed by atoms with Crippen LogP contribution < -0.4 is 0 Å². The van der Waals surface area contributed by atoms with Crippen LogP contribution in [-0.4, -0.2) is 16.6 Å². The molecule has 1 N–H and O–H groups in total. The first-order valence-corrected chi connectivity index (χ1v) is 4.94. The zero-order chi connectivity index (χ0) is 10.6. The summed E-state index contributed by atoms with van der Waals surface area (Å²) in [6.07, 6.45) is 1.91. The van der Waals surface area contributed by atoms with E-state index in [-0.39, 0.29) is 0 Å². The Bertz CT molecular complexity index is 369. The Morgan fingerprint density at radius 3 is 2.64 bits per heavy atom. The molecule has 0 aliphatic rings. The minimum absolute atomic E-state index is 0.477. The first-order valence-electron chi connectivity index (χ1n) is 4.41. The zero-order valence-electron chi connectivity index (χ0n) is 8.34. The van der Waals surface area contributed by atoms with Gasteiger partial charge in [-0.05, 0) is 31.6 Å². The van der Waals surface area contributed by atoms with Crippen LogP contribution in [0, 0.1) is 5.41 Å². The van der Waals surface area contributed by atoms with Crippen LogP contribution in [0.3, 0.4) is 0 Å². The molecule has 0 bridgehead atoms. The number of allylic oxidation sites excluding steroid dienone is 2. The Morgan fingerprint density at radius 2 is 2.07 bits per heavy atom. The van der Waals surface area contributed by atoms with Gasteiger partial charge in [0.1, 0.15) is 0 Å². The van der Waals surface area contributed by atoms with Gasteiger partial charge < -0.3 is 5.41 Å². The Balaban J connectivity index is 3.05. The van der Waals surface area contributed by atoms with Gasteiger partial charge in [-0.15, -0.1) is 11.6 Å². The van der Waals surface area contributed by atoms with Gasteiger partial charge in [0.05, 0.1) is 17.1 Å². The molecule has 1 rings (SSSR count). The van der Waals surface area contributed by atoms with Crippen LogP contribution in [0.25, 0.3) is 5.57 Å². The molecule has 1 aromatic heterocycles. The normalized spacial score (nSPS) is 11.5. The number of nitrogens with one attached hydrogen (secondary N) is 1. The molecule has 0 atom stereocenters. The van der Waals surface area contributed by atoms with Gasteiger partial charge in [-0.1, -0.05) is 12.1 Å². The SMILES string of the molecule is CC(=N)c1cccc(/C(C)=C\CCl)n1. The van der Waals surface area contributed by atoms with Crippen LogP contribution in [0.15, 0.2) is 24.3 Å². The molecule has 1 aromatic rings. The van der Waals surface area contributed by atoms with Crippen molar-refractivity contribution in [1.82, 2.24) is 4.98 Å². The third kappa shape index (κ3) is 2.67. The predicted molar refractivity (Wildman–Crippen MR) is 61.1 cm³/mol. The molecular formula is C11H13ClN2. The number of nitrogens with zero attached hydrogens (tertiary/aromatic N) is 1. The fourth-order valence-electron chi connectivity index (χ4n) is 1.08. The summed E-state index contributed by atoms with van der Waals surface area (Å²) in [5.41, 5.74) is 3.12. The van der Waals surface area contributed by atoms with E-state index in [2.05, 4.69) is 4.98 Å². The lowest BCUT2D eigenvalue weighted by atomic mass is 10.1. The van der Waals surface area contributed by atoms with Gasteiger partial charge >= 0.3 is 0 Å². The third-order valence-electron chi connectivity index (χ3n) is 1.92. The number of aromatic nitrogens is 1. The van der Waals surface area contributed by atoms with Crippen molar-refractivity contribution in [2.45, 2.75) is 13.8 Å². The van der Waals surface area contributed by atoms with Crippen molar-refractivity contribution in [2.24, 2.45) is 0 Å². The molecule has 14 heavy (non-hydrogen) atoms. The molecule has 0 fully saturated rings. The van der Waals surface area contributed by atoms with Crippen molar-refractivity contribution in [3.05, 3.63) is 35.7 Å². The summed E-state index contributed by atoms with van der Waals surface area (Å²) >= 11 is 5.60. The molecule has 0 saturated heterocycles. The quantitative estimate of drug-likeness (QED) is 0.602. The minimum Gasteiger partial charge on any atom is -0.303 e. The van der Waals surface area contributed by atoms with E-state index in [0.29, 0.717) is 17.3 Å². The highest BCUT2D eigenvalue weighted by Crippen LogP contribution is 2.11. The van der Waals surface area contributed by atoms with E-state index in [4.69, 9.17) is 17.0 Å². The van der Waals surface area contributed by atoms with E-state index < -0.39 is 0 Å². The molecule has 1 heterocycles. The molecule has 0 unspecified atom stereocenters. The van der Waals surface area contributed by atoms with Crippen LogP contribution >= 0.6 is 11.6 Å². The molecule has 2 nitrogen and oxygen atoms in total. The summed E-state index contributed by atoms with van der Waals surface area (Å²) in [6, 6.07) is 5.66. The first-order chi connectivity index (χ1) is 6.65. The monoisotopic (exact) mass is 208 g/mol. The summed E-state index contributed by atoms with van der Waals surface area (Å²) in [5, 5.41) is 7.47. The number of hydrogen-bond acceptors (Lipinski definition) is 2. The molecule has 0 radical (unpaired) electrons. The van der Waals surface area contributed by atoms with Crippen molar-refractivity contribution in [3.63, 3.8) is 0 Å². The molecule has 3 heteroatoms. The summed E-state index contributed by atoms with van der Waals surface area (Å²) in [6.45, 7) is 3.69. The predicted octanol–water partition coefficient (Wildman–Crippen LogP) is 3.11. The van der Waals surface area contributed by atoms with E-state index >= 15 is 0 Å². The number of pyridine rings is 1. The highest BCUT2D eigenvalue weighted by atomic mass is 35.5. The summed E-state index contributed by atoms with van der Waals surface area (Å²) < 4.78 is 0. The second kappa shape index (κ2) is 4.91. The van der Waals surface area contributed by atoms with E-state index in [9.17, 15) is 0 Å². The number of halogens is 1. The van der Waals surface area contributed by atoms with Crippen molar-refractivity contribution in [3.8, 4) is 0 Å². The van der Waals surface area contributed by atoms with E-state index in [1.165, 1.54) is 0 Å². The van der Waals surface area contributed by atoms with Crippen molar-refractivity contribution >= 4 is 22.9 Å². The number of hydrogen-bond donors (Lipinski definition) is 1. The van der Waals surface area contributed by atoms with Crippen LogP contribution in [0.2, 0.25) is 0 Å². The maximum Gasteiger partial charge on any atom is 0.0841 e. The summed E-state index contributed by atoms with van der Waals surface area (Å²) in [4.78, 5) is 4.34. The Morgan fingerprint density at radius 1 is 1.43 bits per heavy atom. The maximum absolute atomic E-state index is 7.47. The molecular weight excluding hydrogens is 196 g/mol. The number of rotatable bonds is 3. The average molecular weight is 209 g/mol. The van der Waals surface area contributed by atoms with Crippen molar-refractivity contribution in [1.29, 1.82) is 5.41 Å². The Labute approximate surface area is 89.1 Å². The number of alkyl halides is 1. The maximum atomic E-state index is 7.47. The van der Waals surface area contributed by atoms with Gasteiger partial charge in [-0.3, -0.25) is 0 Å². The van der Waals surface area contributed by atoms with Crippen molar-refractivity contribution in [2.75, 3.05) is 5.88 Å². The Kier molecular flexibility index (Phi) is 3.84. The first kappa shape index (κ1) is 10.9. The average Bonchev–Trinajstić information content (AvgIpc) is 2.18. The lowest BCUT2D eigenvalue weighted by Gasteiger charge is -2.02. The molecule has 0 amide bonds. The molecule has 0 aliphatic heterocycles. The molecule has 0 spiro atoms. The Hall–Kier alpha value is -1.15. The van der Waals surface area contributed by atoms with Gasteiger partial charge in [-0.2, -0.15) is 0 Å². The van der Waals surface area contributed by atoms with Crippen LogP contribution in [0.4, 0.5) is 0 Å². The summed E-state index contributed by atoms with van der Waals surface area (Å²) in [7, 11) is 0. The second-order valence-electron chi connectivity index (χ2n) is 3.07. The molecule has 0 saturated carbocycles. The summed E-state index contributed by atoms with van der Waals surface area (Å²) in [5.74, 6) is 0.487. The van der Waals surface area contributed by atoms with Crippen LogP contribution in [-0.2, 0) is 0 Å². The van der Waals surface area contributed by atoms with E-state index in [1.54, 1.807) is 6.92 Å². The van der Waals surface area contributed by atoms with Gasteiger partial charge in [0.25, 0.3) is 0 Å². The fourth-order valence-corrected chi connectivity index (χ4v) is 1.31. The van der Waals surface area contributed by atoms with Gasteiger partial charge in [0.2, 0.25) is 0 Å². The second-order valence-corrected chi connectivity index (χ2v) is 3.38. The van der Waals surface area contributed by atoms with Crippen LogP contribution in [0.5, 0.6) is 0 Å². The highest BCUT2D eigenvalue weighted by molar-refractivity contribution is 6.19. The standard InChI is InChI=1S/C11H13ClN2/c1-8(6-7-12)10-4-3-5-11(14-10)9(2)13/h3-6,13H,7H2,1-2H3/b8-6-,13-9?. The fraction of sp³-hybridized carbons (Fsp3) is 0.273. The lowest BCUT2D eigenvalue weighted by Crippen LogP contribution is -1.98.